The predicted molar refractivity (Wildman–Crippen MR) is 271 cm³/mol. The molecule has 2 aliphatic heterocycles. The van der Waals surface area contributed by atoms with Gasteiger partial charge in [0.2, 0.25) is 0 Å². The van der Waals surface area contributed by atoms with Gasteiger partial charge in [0.25, 0.3) is 0 Å². The third-order valence-electron chi connectivity index (χ3n) is 15.4. The van der Waals surface area contributed by atoms with Crippen molar-refractivity contribution in [2.24, 2.45) is 0 Å². The van der Waals surface area contributed by atoms with Crippen LogP contribution in [0.3, 0.4) is 0 Å². The van der Waals surface area contributed by atoms with E-state index in [0.29, 0.717) is 0 Å². The molecule has 1 aliphatic carbocycles. The van der Waals surface area contributed by atoms with E-state index in [0.717, 1.165) is 30.5 Å². The summed E-state index contributed by atoms with van der Waals surface area (Å²) in [6.45, 7) is 25.8. The minimum Gasteiger partial charge on any atom is -0.466 e. The van der Waals surface area contributed by atoms with Crippen molar-refractivity contribution in [3.63, 3.8) is 0 Å². The summed E-state index contributed by atoms with van der Waals surface area (Å²) in [6.07, 6.45) is 7.15. The monoisotopic (exact) mass is 827 g/mol. The molecule has 318 valence electrons. The fraction of sp³-hybridized carbons (Fsp3) is 0.356. The molecule has 4 heterocycles. The molecular formula is C59H63BN2O. The van der Waals surface area contributed by atoms with E-state index in [1.54, 1.807) is 0 Å². The summed E-state index contributed by atoms with van der Waals surface area (Å²) in [5.74, 6) is 0. The van der Waals surface area contributed by atoms with E-state index in [2.05, 4.69) is 195 Å². The fourth-order valence-electron chi connectivity index (χ4n) is 11.5. The molecule has 3 aliphatic rings. The van der Waals surface area contributed by atoms with Gasteiger partial charge in [0.15, 0.2) is 0 Å². The molecule has 6 aromatic carbocycles. The van der Waals surface area contributed by atoms with Gasteiger partial charge in [-0.2, -0.15) is 0 Å². The molecule has 2 aromatic heterocycles. The number of anilines is 2. The fourth-order valence-corrected chi connectivity index (χ4v) is 11.5. The topological polar surface area (TPSA) is 21.3 Å². The van der Waals surface area contributed by atoms with E-state index in [1.165, 1.54) is 119 Å². The van der Waals surface area contributed by atoms with Gasteiger partial charge in [-0.1, -0.05) is 150 Å². The van der Waals surface area contributed by atoms with Gasteiger partial charge in [0, 0.05) is 33.1 Å². The van der Waals surface area contributed by atoms with Crippen LogP contribution in [0.1, 0.15) is 136 Å². The zero-order valence-corrected chi connectivity index (χ0v) is 39.5. The summed E-state index contributed by atoms with van der Waals surface area (Å²) in [7, 11) is 0. The number of furan rings is 1. The third kappa shape index (κ3) is 6.06. The zero-order chi connectivity index (χ0) is 44.0. The van der Waals surface area contributed by atoms with Crippen LogP contribution >= 0.6 is 0 Å². The van der Waals surface area contributed by atoms with Crippen LogP contribution < -0.4 is 15.9 Å². The van der Waals surface area contributed by atoms with Crippen molar-refractivity contribution in [2.75, 3.05) is 4.81 Å². The predicted octanol–water partition coefficient (Wildman–Crippen LogP) is 15.1. The summed E-state index contributed by atoms with van der Waals surface area (Å²) in [5, 5.41) is 3.84. The van der Waals surface area contributed by atoms with E-state index < -0.39 is 0 Å². The molecule has 0 unspecified atom stereocenters. The van der Waals surface area contributed by atoms with Gasteiger partial charge >= 0.3 is 6.85 Å². The van der Waals surface area contributed by atoms with Crippen molar-refractivity contribution in [1.82, 2.24) is 4.57 Å². The van der Waals surface area contributed by atoms with Gasteiger partial charge < -0.3 is 13.8 Å². The standard InChI is InChI=1S/C59H63BN2O/c1-12-13-14-17-36-20-27-40(28-21-36)62-49-19-16-15-18-41(49)43-33-42(37-22-24-38(25-23-37)56(2,3)4)51-44-32-39(57(5,6)7)26-29-48(44)61-53-45-34-46-47(59(10,11)31-30-58(46,8)9)35-50(45)63-55(53)60(62)52(43)54(51)61/h15-16,18-29,32-35H,12-14,17,30-31H2,1-11H3. The van der Waals surface area contributed by atoms with Gasteiger partial charge in [0.05, 0.1) is 16.7 Å². The number of aryl methyl sites for hydroxylation is 1. The number of para-hydroxylation sites is 1. The lowest BCUT2D eigenvalue weighted by Gasteiger charge is -2.41. The molecule has 0 spiro atoms. The second kappa shape index (κ2) is 13.8. The van der Waals surface area contributed by atoms with Gasteiger partial charge in [-0.3, -0.25) is 0 Å². The van der Waals surface area contributed by atoms with Crippen molar-refractivity contribution in [3.05, 3.63) is 137 Å². The number of hydrogen-bond acceptors (Lipinski definition) is 2. The third-order valence-corrected chi connectivity index (χ3v) is 15.4. The molecular weight excluding hydrogens is 763 g/mol. The lowest BCUT2D eigenvalue weighted by atomic mass is 9.46. The number of rotatable bonds is 6. The Kier molecular flexibility index (Phi) is 8.81. The highest BCUT2D eigenvalue weighted by Crippen LogP contribution is 2.52. The number of nitrogens with zero attached hydrogens (tertiary/aromatic N) is 2. The van der Waals surface area contributed by atoms with Crippen LogP contribution in [0.25, 0.3) is 60.7 Å². The minimum absolute atomic E-state index is 0.0164. The van der Waals surface area contributed by atoms with Crippen molar-refractivity contribution < 1.29 is 4.42 Å². The molecule has 0 bridgehead atoms. The Morgan fingerprint density at radius 2 is 1.32 bits per heavy atom. The van der Waals surface area contributed by atoms with Gasteiger partial charge in [0.1, 0.15) is 11.2 Å². The molecule has 0 N–H and O–H groups in total. The zero-order valence-electron chi connectivity index (χ0n) is 39.5. The quantitative estimate of drug-likeness (QED) is 0.123. The average Bonchev–Trinajstić information content (AvgIpc) is 3.80. The van der Waals surface area contributed by atoms with Crippen molar-refractivity contribution in [3.8, 4) is 27.9 Å². The van der Waals surface area contributed by atoms with Crippen LogP contribution in [-0.2, 0) is 28.1 Å². The van der Waals surface area contributed by atoms with E-state index in [9.17, 15) is 0 Å². The first-order chi connectivity index (χ1) is 30.0. The number of unbranched alkanes of at least 4 members (excludes halogenated alkanes) is 2. The van der Waals surface area contributed by atoms with E-state index >= 15 is 0 Å². The van der Waals surface area contributed by atoms with Crippen LogP contribution in [0, 0.1) is 0 Å². The molecule has 0 amide bonds. The first-order valence-corrected chi connectivity index (χ1v) is 23.8. The maximum atomic E-state index is 7.55. The molecule has 0 fully saturated rings. The Labute approximate surface area is 375 Å². The van der Waals surface area contributed by atoms with Gasteiger partial charge in [-0.15, -0.1) is 0 Å². The molecule has 11 rings (SSSR count). The Morgan fingerprint density at radius 3 is 2.00 bits per heavy atom. The summed E-state index contributed by atoms with van der Waals surface area (Å²) < 4.78 is 10.2. The second-order valence-corrected chi connectivity index (χ2v) is 22.6. The van der Waals surface area contributed by atoms with Crippen molar-refractivity contribution in [1.29, 1.82) is 0 Å². The molecule has 0 saturated heterocycles. The largest absolute Gasteiger partial charge is 0.466 e. The highest BCUT2D eigenvalue weighted by atomic mass is 16.3. The Morgan fingerprint density at radius 1 is 0.651 bits per heavy atom. The van der Waals surface area contributed by atoms with Crippen LogP contribution in [-0.4, -0.2) is 11.4 Å². The molecule has 3 nitrogen and oxygen atoms in total. The van der Waals surface area contributed by atoms with Crippen LogP contribution in [0.4, 0.5) is 11.4 Å². The SMILES string of the molecule is CCCCCc1ccc(N2B3c4oc5cc6c(cc5c4-n4c5ccc(C(C)(C)C)cc5c5c(-c7ccc(C(C)(C)C)cc7)cc(c3c54)-c3ccccc32)C(C)(C)CCC6(C)C)cc1. The average molecular weight is 827 g/mol. The molecule has 0 saturated carbocycles. The van der Waals surface area contributed by atoms with Crippen molar-refractivity contribution in [2.45, 2.75) is 136 Å². The van der Waals surface area contributed by atoms with E-state index in [1.807, 2.05) is 0 Å². The number of benzene rings is 6. The lowest BCUT2D eigenvalue weighted by Crippen LogP contribution is -2.60. The smallest absolute Gasteiger partial charge is 0.375 e. The highest BCUT2D eigenvalue weighted by Gasteiger charge is 2.48. The summed E-state index contributed by atoms with van der Waals surface area (Å²) >= 11 is 0. The van der Waals surface area contributed by atoms with Crippen LogP contribution in [0.15, 0.2) is 114 Å². The first-order valence-electron chi connectivity index (χ1n) is 23.8. The van der Waals surface area contributed by atoms with Crippen molar-refractivity contribution >= 4 is 62.1 Å². The summed E-state index contributed by atoms with van der Waals surface area (Å²) in [6, 6.07) is 42.9. The molecule has 8 aromatic rings. The maximum absolute atomic E-state index is 7.55. The normalized spacial score (nSPS) is 16.2. The maximum Gasteiger partial charge on any atom is 0.375 e. The Bertz CT molecular complexity index is 3140. The number of hydrogen-bond donors (Lipinski definition) is 0. The van der Waals surface area contributed by atoms with Crippen LogP contribution in [0.5, 0.6) is 0 Å². The lowest BCUT2D eigenvalue weighted by molar-refractivity contribution is 0.332. The highest BCUT2D eigenvalue weighted by molar-refractivity contribution is 6.93. The van der Waals surface area contributed by atoms with E-state index in [-0.39, 0.29) is 28.5 Å². The molecule has 4 heteroatoms. The van der Waals surface area contributed by atoms with Gasteiger partial charge in [-0.25, -0.2) is 0 Å². The number of aromatic nitrogens is 1. The minimum atomic E-state index is -0.181. The first kappa shape index (κ1) is 40.3. The summed E-state index contributed by atoms with van der Waals surface area (Å²) in [4.78, 5) is 2.61. The summed E-state index contributed by atoms with van der Waals surface area (Å²) in [5.41, 5.74) is 21.7. The van der Waals surface area contributed by atoms with Crippen LogP contribution in [0.2, 0.25) is 0 Å². The Hall–Kier alpha value is -5.48. The second-order valence-electron chi connectivity index (χ2n) is 22.6. The van der Waals surface area contributed by atoms with Gasteiger partial charge in [-0.05, 0) is 146 Å². The molecule has 0 atom stereocenters. The Balaban J connectivity index is 1.30. The molecule has 63 heavy (non-hydrogen) atoms. The number of fused-ring (bicyclic) bond motifs is 11. The molecule has 0 radical (unpaired) electrons. The van der Waals surface area contributed by atoms with E-state index in [4.69, 9.17) is 4.42 Å².